The molecule has 2 aromatic heterocycles. The number of hydrogen-bond acceptors (Lipinski definition) is 6. The molecular weight excluding hydrogens is 210 g/mol. The van der Waals surface area contributed by atoms with E-state index in [-0.39, 0.29) is 0 Å². The molecule has 0 bridgehead atoms. The van der Waals surface area contributed by atoms with E-state index in [0.29, 0.717) is 18.2 Å². The Bertz CT molecular complexity index is 453. The van der Waals surface area contributed by atoms with Crippen molar-refractivity contribution in [2.45, 2.75) is 13.5 Å². The standard InChI is InChI=1S/C9H11N5S/c1-6-2-13-9(15-6)5-12-8-4-11-3-7(10)14-8/h2-4H,5H2,1H3,(H3,10,12,14). The summed E-state index contributed by atoms with van der Waals surface area (Å²) in [5.41, 5.74) is 5.51. The summed E-state index contributed by atoms with van der Waals surface area (Å²) >= 11 is 1.66. The first-order valence-electron chi connectivity index (χ1n) is 4.47. The molecule has 0 fully saturated rings. The Labute approximate surface area is 91.4 Å². The zero-order valence-corrected chi connectivity index (χ0v) is 9.08. The van der Waals surface area contributed by atoms with Gasteiger partial charge in [-0.1, -0.05) is 0 Å². The average Bonchev–Trinajstić information content (AvgIpc) is 2.62. The minimum atomic E-state index is 0.412. The Morgan fingerprint density at radius 2 is 2.27 bits per heavy atom. The lowest BCUT2D eigenvalue weighted by Crippen LogP contribution is -2.03. The van der Waals surface area contributed by atoms with Crippen LogP contribution >= 0.6 is 11.3 Å². The number of nitrogens with zero attached hydrogens (tertiary/aromatic N) is 3. The zero-order chi connectivity index (χ0) is 10.7. The van der Waals surface area contributed by atoms with E-state index in [4.69, 9.17) is 5.73 Å². The van der Waals surface area contributed by atoms with Gasteiger partial charge in [-0.2, -0.15) is 0 Å². The molecule has 0 unspecified atom stereocenters. The first-order valence-corrected chi connectivity index (χ1v) is 5.28. The van der Waals surface area contributed by atoms with E-state index >= 15 is 0 Å². The molecule has 3 N–H and O–H groups in total. The average molecular weight is 221 g/mol. The van der Waals surface area contributed by atoms with Gasteiger partial charge in [-0.05, 0) is 6.92 Å². The molecule has 5 nitrogen and oxygen atoms in total. The summed E-state index contributed by atoms with van der Waals surface area (Å²) < 4.78 is 0. The van der Waals surface area contributed by atoms with Gasteiger partial charge >= 0.3 is 0 Å². The van der Waals surface area contributed by atoms with E-state index in [9.17, 15) is 0 Å². The Kier molecular flexibility index (Phi) is 2.77. The quantitative estimate of drug-likeness (QED) is 0.820. The van der Waals surface area contributed by atoms with Gasteiger partial charge < -0.3 is 11.1 Å². The number of nitrogen functional groups attached to an aromatic ring is 1. The molecule has 0 atom stereocenters. The molecule has 0 spiro atoms. The van der Waals surface area contributed by atoms with Crippen LogP contribution in [0.1, 0.15) is 9.88 Å². The highest BCUT2D eigenvalue weighted by atomic mass is 32.1. The molecule has 2 rings (SSSR count). The van der Waals surface area contributed by atoms with Gasteiger partial charge in [-0.3, -0.25) is 4.98 Å². The topological polar surface area (TPSA) is 76.7 Å². The third-order valence-electron chi connectivity index (χ3n) is 1.74. The molecule has 0 amide bonds. The number of thiazole rings is 1. The van der Waals surface area contributed by atoms with E-state index in [1.165, 1.54) is 11.1 Å². The van der Waals surface area contributed by atoms with Crippen LogP contribution in [0.15, 0.2) is 18.6 Å². The first-order chi connectivity index (χ1) is 7.24. The summed E-state index contributed by atoms with van der Waals surface area (Å²) in [5.74, 6) is 1.08. The summed E-state index contributed by atoms with van der Waals surface area (Å²) in [6.07, 6.45) is 5.00. The van der Waals surface area contributed by atoms with Crippen molar-refractivity contribution in [3.05, 3.63) is 28.5 Å². The van der Waals surface area contributed by atoms with Gasteiger partial charge in [0.1, 0.15) is 16.6 Å². The van der Waals surface area contributed by atoms with Crippen LogP contribution in [0.5, 0.6) is 0 Å². The van der Waals surface area contributed by atoms with E-state index in [0.717, 1.165) is 5.01 Å². The zero-order valence-electron chi connectivity index (χ0n) is 8.27. The van der Waals surface area contributed by atoms with E-state index in [1.54, 1.807) is 17.5 Å². The second-order valence-corrected chi connectivity index (χ2v) is 4.37. The van der Waals surface area contributed by atoms with Crippen LogP contribution in [-0.2, 0) is 6.54 Å². The Morgan fingerprint density at radius 1 is 1.40 bits per heavy atom. The van der Waals surface area contributed by atoms with E-state index in [1.807, 2.05) is 13.1 Å². The third kappa shape index (κ3) is 2.63. The first kappa shape index (κ1) is 9.85. The van der Waals surface area contributed by atoms with Crippen molar-refractivity contribution in [1.29, 1.82) is 0 Å². The van der Waals surface area contributed by atoms with Gasteiger partial charge in [0.15, 0.2) is 0 Å². The van der Waals surface area contributed by atoms with E-state index < -0.39 is 0 Å². The van der Waals surface area contributed by atoms with Crippen LogP contribution in [0.2, 0.25) is 0 Å². The molecule has 0 radical (unpaired) electrons. The number of hydrogen-bond donors (Lipinski definition) is 2. The molecule has 0 saturated heterocycles. The molecule has 0 aliphatic carbocycles. The van der Waals surface area contributed by atoms with Crippen LogP contribution < -0.4 is 11.1 Å². The fraction of sp³-hybridized carbons (Fsp3) is 0.222. The molecule has 0 saturated carbocycles. The summed E-state index contributed by atoms with van der Waals surface area (Å²) in [7, 11) is 0. The van der Waals surface area contributed by atoms with Crippen LogP contribution in [0.4, 0.5) is 11.6 Å². The van der Waals surface area contributed by atoms with Gasteiger partial charge in [0, 0.05) is 11.1 Å². The lowest BCUT2D eigenvalue weighted by atomic mass is 10.6. The molecule has 78 valence electrons. The number of aryl methyl sites for hydroxylation is 1. The van der Waals surface area contributed by atoms with Crippen molar-refractivity contribution in [3.63, 3.8) is 0 Å². The maximum absolute atomic E-state index is 5.51. The summed E-state index contributed by atoms with van der Waals surface area (Å²) in [6, 6.07) is 0. The van der Waals surface area contributed by atoms with Gasteiger partial charge in [0.2, 0.25) is 0 Å². The lowest BCUT2D eigenvalue weighted by molar-refractivity contribution is 1.06. The van der Waals surface area contributed by atoms with Crippen molar-refractivity contribution in [2.75, 3.05) is 11.1 Å². The van der Waals surface area contributed by atoms with Crippen LogP contribution in [-0.4, -0.2) is 15.0 Å². The number of aromatic nitrogens is 3. The Balaban J connectivity index is 1.99. The van der Waals surface area contributed by atoms with Crippen molar-refractivity contribution >= 4 is 23.0 Å². The monoisotopic (exact) mass is 221 g/mol. The maximum Gasteiger partial charge on any atom is 0.147 e. The van der Waals surface area contributed by atoms with Gasteiger partial charge in [-0.15, -0.1) is 11.3 Å². The van der Waals surface area contributed by atoms with Crippen molar-refractivity contribution in [3.8, 4) is 0 Å². The largest absolute Gasteiger partial charge is 0.382 e. The molecule has 0 aromatic carbocycles. The minimum Gasteiger partial charge on any atom is -0.382 e. The summed E-state index contributed by atoms with van der Waals surface area (Å²) in [5, 5.41) is 4.13. The fourth-order valence-corrected chi connectivity index (χ4v) is 1.84. The number of rotatable bonds is 3. The summed E-state index contributed by atoms with van der Waals surface area (Å²) in [6.45, 7) is 2.68. The van der Waals surface area contributed by atoms with Gasteiger partial charge in [-0.25, -0.2) is 9.97 Å². The highest BCUT2D eigenvalue weighted by molar-refractivity contribution is 7.11. The molecule has 0 aliphatic rings. The normalized spacial score (nSPS) is 10.2. The highest BCUT2D eigenvalue weighted by Gasteiger charge is 1.99. The molecule has 2 heterocycles. The van der Waals surface area contributed by atoms with Gasteiger partial charge in [0.25, 0.3) is 0 Å². The van der Waals surface area contributed by atoms with Gasteiger partial charge in [0.05, 0.1) is 18.9 Å². The third-order valence-corrected chi connectivity index (χ3v) is 2.66. The van der Waals surface area contributed by atoms with Crippen molar-refractivity contribution < 1.29 is 0 Å². The molecule has 15 heavy (non-hydrogen) atoms. The van der Waals surface area contributed by atoms with Crippen LogP contribution in [0, 0.1) is 6.92 Å². The lowest BCUT2D eigenvalue weighted by Gasteiger charge is -2.02. The molecule has 0 aliphatic heterocycles. The maximum atomic E-state index is 5.51. The molecular formula is C9H11N5S. The molecule has 2 aromatic rings. The predicted octanol–water partition coefficient (Wildman–Crippen LogP) is 1.44. The predicted molar refractivity (Wildman–Crippen MR) is 60.6 cm³/mol. The number of anilines is 2. The molecule has 6 heteroatoms. The second-order valence-electron chi connectivity index (χ2n) is 3.05. The van der Waals surface area contributed by atoms with E-state index in [2.05, 4.69) is 20.3 Å². The van der Waals surface area contributed by atoms with Crippen LogP contribution in [0.3, 0.4) is 0 Å². The highest BCUT2D eigenvalue weighted by Crippen LogP contribution is 2.12. The van der Waals surface area contributed by atoms with Crippen LogP contribution in [0.25, 0.3) is 0 Å². The second kappa shape index (κ2) is 4.22. The number of nitrogens with one attached hydrogen (secondary N) is 1. The Morgan fingerprint density at radius 3 is 2.93 bits per heavy atom. The minimum absolute atomic E-state index is 0.412. The van der Waals surface area contributed by atoms with Crippen molar-refractivity contribution in [2.24, 2.45) is 0 Å². The smallest absolute Gasteiger partial charge is 0.147 e. The summed E-state index contributed by atoms with van der Waals surface area (Å²) in [4.78, 5) is 13.4. The Hall–Kier alpha value is -1.69. The number of nitrogens with two attached hydrogens (primary N) is 1. The van der Waals surface area contributed by atoms with Crippen molar-refractivity contribution in [1.82, 2.24) is 15.0 Å². The fourth-order valence-electron chi connectivity index (χ4n) is 1.12. The SMILES string of the molecule is Cc1cnc(CNc2cncc(N)n2)s1.